The van der Waals surface area contributed by atoms with Crippen LogP contribution in [0.15, 0.2) is 35.7 Å². The van der Waals surface area contributed by atoms with Gasteiger partial charge in [0, 0.05) is 17.8 Å². The fraction of sp³-hybridized carbons (Fsp3) is 0. The molecule has 0 fully saturated rings. The van der Waals surface area contributed by atoms with E-state index in [0.717, 1.165) is 0 Å². The van der Waals surface area contributed by atoms with Crippen molar-refractivity contribution in [3.05, 3.63) is 45.8 Å². The minimum Gasteiger partial charge on any atom is -0.381 e. The first-order chi connectivity index (χ1) is 7.93. The summed E-state index contributed by atoms with van der Waals surface area (Å²) in [6.45, 7) is 0. The van der Waals surface area contributed by atoms with Crippen molar-refractivity contribution in [2.24, 2.45) is 5.73 Å². The van der Waals surface area contributed by atoms with Crippen LogP contribution in [-0.4, -0.2) is 22.3 Å². The summed E-state index contributed by atoms with van der Waals surface area (Å²) in [6.07, 6.45) is 5.35. The SMILES string of the molecule is N=C(N)C(=N)N/C=C1/C=CC=C([N+](=O)[O-])C1=N. The fourth-order valence-corrected chi connectivity index (χ4v) is 1.06. The van der Waals surface area contributed by atoms with Gasteiger partial charge in [0.15, 0.2) is 11.7 Å². The summed E-state index contributed by atoms with van der Waals surface area (Å²) < 4.78 is 0. The maximum atomic E-state index is 10.6. The fourth-order valence-electron chi connectivity index (χ4n) is 1.06. The van der Waals surface area contributed by atoms with E-state index in [9.17, 15) is 10.1 Å². The molecule has 0 aromatic rings. The number of hydrogen-bond acceptors (Lipinski definition) is 5. The second kappa shape index (κ2) is 4.84. The first kappa shape index (κ1) is 12.3. The molecule has 0 amide bonds. The van der Waals surface area contributed by atoms with Crippen molar-refractivity contribution in [1.29, 1.82) is 16.2 Å². The molecule has 0 aromatic carbocycles. The zero-order chi connectivity index (χ0) is 13.0. The largest absolute Gasteiger partial charge is 0.381 e. The molecule has 0 saturated heterocycles. The van der Waals surface area contributed by atoms with E-state index in [1.165, 1.54) is 24.4 Å². The van der Waals surface area contributed by atoms with Crippen LogP contribution >= 0.6 is 0 Å². The summed E-state index contributed by atoms with van der Waals surface area (Å²) >= 11 is 0. The van der Waals surface area contributed by atoms with Crippen molar-refractivity contribution >= 4 is 17.4 Å². The van der Waals surface area contributed by atoms with Crippen LogP contribution in [0.4, 0.5) is 0 Å². The van der Waals surface area contributed by atoms with E-state index in [1.54, 1.807) is 0 Å². The predicted octanol–water partition coefficient (Wildman–Crippen LogP) is 0.123. The molecule has 0 atom stereocenters. The average molecular weight is 234 g/mol. The molecular formula is C9H10N6O2. The number of hydrogen-bond donors (Lipinski definition) is 5. The maximum absolute atomic E-state index is 10.6. The molecule has 8 heteroatoms. The van der Waals surface area contributed by atoms with Crippen LogP contribution in [-0.2, 0) is 0 Å². The maximum Gasteiger partial charge on any atom is 0.294 e. The zero-order valence-corrected chi connectivity index (χ0v) is 8.65. The van der Waals surface area contributed by atoms with Crippen LogP contribution in [0.2, 0.25) is 0 Å². The molecular weight excluding hydrogens is 224 g/mol. The van der Waals surface area contributed by atoms with E-state index in [4.69, 9.17) is 22.0 Å². The summed E-state index contributed by atoms with van der Waals surface area (Å²) in [5, 5.41) is 34.7. The van der Waals surface area contributed by atoms with Gasteiger partial charge in [-0.05, 0) is 0 Å². The molecule has 0 aromatic heterocycles. The number of rotatable bonds is 2. The van der Waals surface area contributed by atoms with Gasteiger partial charge in [0.25, 0.3) is 5.70 Å². The van der Waals surface area contributed by atoms with E-state index in [0.29, 0.717) is 0 Å². The molecule has 0 spiro atoms. The minimum atomic E-state index is -0.657. The molecule has 1 aliphatic carbocycles. The molecule has 0 radical (unpaired) electrons. The molecule has 8 nitrogen and oxygen atoms in total. The van der Waals surface area contributed by atoms with Gasteiger partial charge in [-0.3, -0.25) is 26.3 Å². The van der Waals surface area contributed by atoms with Crippen LogP contribution in [0.25, 0.3) is 0 Å². The van der Waals surface area contributed by atoms with Gasteiger partial charge in [0.05, 0.1) is 4.92 Å². The lowest BCUT2D eigenvalue weighted by atomic mass is 10.0. The van der Waals surface area contributed by atoms with Crippen molar-refractivity contribution < 1.29 is 4.92 Å². The highest BCUT2D eigenvalue weighted by molar-refractivity contribution is 6.37. The Bertz CT molecular complexity index is 500. The van der Waals surface area contributed by atoms with E-state index < -0.39 is 10.8 Å². The van der Waals surface area contributed by atoms with Crippen molar-refractivity contribution in [2.45, 2.75) is 0 Å². The van der Waals surface area contributed by atoms with Gasteiger partial charge in [-0.15, -0.1) is 0 Å². The number of allylic oxidation sites excluding steroid dienone is 4. The van der Waals surface area contributed by atoms with Crippen LogP contribution in [0.1, 0.15) is 0 Å². The Morgan fingerprint density at radius 3 is 2.71 bits per heavy atom. The third-order valence-corrected chi connectivity index (χ3v) is 1.91. The molecule has 1 aliphatic rings. The Morgan fingerprint density at radius 2 is 2.18 bits per heavy atom. The van der Waals surface area contributed by atoms with Crippen molar-refractivity contribution in [2.75, 3.05) is 0 Å². The van der Waals surface area contributed by atoms with Crippen molar-refractivity contribution in [3.8, 4) is 0 Å². The van der Waals surface area contributed by atoms with Gasteiger partial charge < -0.3 is 11.1 Å². The van der Waals surface area contributed by atoms with E-state index in [2.05, 4.69) is 5.32 Å². The number of nitrogens with zero attached hydrogens (tertiary/aromatic N) is 1. The summed E-state index contributed by atoms with van der Waals surface area (Å²) in [7, 11) is 0. The van der Waals surface area contributed by atoms with Crippen LogP contribution < -0.4 is 11.1 Å². The molecule has 0 saturated carbocycles. The Balaban J connectivity index is 2.86. The lowest BCUT2D eigenvalue weighted by molar-refractivity contribution is -0.415. The van der Waals surface area contributed by atoms with Gasteiger partial charge in [0.2, 0.25) is 0 Å². The quantitative estimate of drug-likeness (QED) is 0.199. The molecule has 0 aliphatic heterocycles. The molecule has 0 unspecified atom stereocenters. The normalized spacial score (nSPS) is 16.6. The van der Waals surface area contributed by atoms with Crippen LogP contribution in [0, 0.1) is 26.3 Å². The Kier molecular flexibility index (Phi) is 3.50. The van der Waals surface area contributed by atoms with Gasteiger partial charge in [-0.2, -0.15) is 0 Å². The molecule has 17 heavy (non-hydrogen) atoms. The van der Waals surface area contributed by atoms with Gasteiger partial charge in [-0.25, -0.2) is 0 Å². The average Bonchev–Trinajstić information content (AvgIpc) is 2.26. The number of nitro groups is 1. The highest BCUT2D eigenvalue weighted by Gasteiger charge is 2.21. The summed E-state index contributed by atoms with van der Waals surface area (Å²) in [6, 6.07) is 0. The highest BCUT2D eigenvalue weighted by atomic mass is 16.6. The smallest absolute Gasteiger partial charge is 0.294 e. The van der Waals surface area contributed by atoms with Crippen molar-refractivity contribution in [3.63, 3.8) is 0 Å². The molecule has 0 heterocycles. The molecule has 6 N–H and O–H groups in total. The first-order valence-corrected chi connectivity index (χ1v) is 4.45. The summed E-state index contributed by atoms with van der Waals surface area (Å²) in [4.78, 5) is 9.92. The first-order valence-electron chi connectivity index (χ1n) is 4.45. The Hall–Kier alpha value is -2.77. The molecule has 1 rings (SSSR count). The zero-order valence-electron chi connectivity index (χ0n) is 8.65. The predicted molar refractivity (Wildman–Crippen MR) is 62.8 cm³/mol. The lowest BCUT2D eigenvalue weighted by Crippen LogP contribution is -2.32. The minimum absolute atomic E-state index is 0.241. The summed E-state index contributed by atoms with van der Waals surface area (Å²) in [5.41, 5.74) is 4.69. The van der Waals surface area contributed by atoms with Gasteiger partial charge >= 0.3 is 0 Å². The third kappa shape index (κ3) is 2.84. The van der Waals surface area contributed by atoms with Crippen LogP contribution in [0.3, 0.4) is 0 Å². The van der Waals surface area contributed by atoms with E-state index in [-0.39, 0.29) is 22.8 Å². The number of nitrogens with two attached hydrogens (primary N) is 1. The number of nitrogens with one attached hydrogen (secondary N) is 4. The summed E-state index contributed by atoms with van der Waals surface area (Å²) in [5.74, 6) is -0.797. The Morgan fingerprint density at radius 1 is 1.53 bits per heavy atom. The topological polar surface area (TPSA) is 153 Å². The van der Waals surface area contributed by atoms with Gasteiger partial charge in [0.1, 0.15) is 5.71 Å². The van der Waals surface area contributed by atoms with E-state index in [1.807, 2.05) is 0 Å². The standard InChI is InChI=1S/C9H10N6O2/c10-7-5(4-14-9(13)8(11)12)2-1-3-6(7)15(16)17/h1-4,10H,(H3,11,12)(H2,13,14)/b5-4-,10-7?. The molecule has 88 valence electrons. The van der Waals surface area contributed by atoms with E-state index >= 15 is 0 Å². The number of amidine groups is 2. The second-order valence-corrected chi connectivity index (χ2v) is 3.08. The second-order valence-electron chi connectivity index (χ2n) is 3.08. The Labute approximate surface area is 96.2 Å². The lowest BCUT2D eigenvalue weighted by Gasteiger charge is -2.07. The monoisotopic (exact) mass is 234 g/mol. The van der Waals surface area contributed by atoms with Gasteiger partial charge in [-0.1, -0.05) is 12.2 Å². The third-order valence-electron chi connectivity index (χ3n) is 1.91. The van der Waals surface area contributed by atoms with Crippen LogP contribution in [0.5, 0.6) is 0 Å². The molecule has 0 bridgehead atoms. The van der Waals surface area contributed by atoms with Crippen molar-refractivity contribution in [1.82, 2.24) is 5.32 Å². The highest BCUT2D eigenvalue weighted by Crippen LogP contribution is 2.13.